The van der Waals surface area contributed by atoms with Crippen LogP contribution in [0.4, 0.5) is 0 Å². The van der Waals surface area contributed by atoms with Crippen LogP contribution in [0.2, 0.25) is 0 Å². The summed E-state index contributed by atoms with van der Waals surface area (Å²) in [7, 11) is 0. The van der Waals surface area contributed by atoms with Gasteiger partial charge in [0.25, 0.3) is 5.91 Å². The number of aromatic nitrogens is 3. The normalized spacial score (nSPS) is 14.7. The quantitative estimate of drug-likeness (QED) is 0.273. The first kappa shape index (κ1) is 24.6. The van der Waals surface area contributed by atoms with E-state index in [-0.39, 0.29) is 11.7 Å². The summed E-state index contributed by atoms with van der Waals surface area (Å²) in [4.78, 5) is 19.8. The third-order valence-corrected chi connectivity index (χ3v) is 6.83. The molecular weight excluding hydrogens is 464 g/mol. The molecule has 2 N–H and O–H groups in total. The summed E-state index contributed by atoms with van der Waals surface area (Å²) in [6, 6.07) is 15.2. The smallest absolute Gasteiger partial charge is 0.273 e. The predicted octanol–water partition coefficient (Wildman–Crippen LogP) is 6.11. The fourth-order valence-corrected chi connectivity index (χ4v) is 5.06. The molecule has 4 aromatic rings. The van der Waals surface area contributed by atoms with Gasteiger partial charge >= 0.3 is 0 Å². The number of carbonyl (C=O) groups is 1. The van der Waals surface area contributed by atoms with Crippen molar-refractivity contribution < 1.29 is 14.6 Å². The van der Waals surface area contributed by atoms with Crippen LogP contribution in [-0.4, -0.2) is 37.7 Å². The molecule has 1 atom stereocenters. The lowest BCUT2D eigenvalue weighted by Crippen LogP contribution is -2.29. The highest BCUT2D eigenvalue weighted by molar-refractivity contribution is 6.00. The maximum absolute atomic E-state index is 13.7. The topological polar surface area (TPSA) is 91.3 Å². The van der Waals surface area contributed by atoms with E-state index in [0.717, 1.165) is 52.8 Å². The van der Waals surface area contributed by atoms with Crippen LogP contribution in [0, 0.1) is 13.8 Å². The number of phenolic OH excluding ortho intramolecular Hbond substituents is 1. The number of H-pyrrole nitrogens is 1. The first-order chi connectivity index (χ1) is 18.0. The number of nitrogens with one attached hydrogen (secondary N) is 1. The van der Waals surface area contributed by atoms with Crippen molar-refractivity contribution in [2.24, 2.45) is 0 Å². The van der Waals surface area contributed by atoms with E-state index in [2.05, 4.69) is 22.1 Å². The van der Waals surface area contributed by atoms with Gasteiger partial charge in [-0.1, -0.05) is 44.0 Å². The highest BCUT2D eigenvalue weighted by Crippen LogP contribution is 2.46. The van der Waals surface area contributed by atoms with Gasteiger partial charge in [-0.15, -0.1) is 0 Å². The van der Waals surface area contributed by atoms with Crippen molar-refractivity contribution in [1.29, 1.82) is 0 Å². The number of hydrogen-bond donors (Lipinski definition) is 2. The van der Waals surface area contributed by atoms with Crippen molar-refractivity contribution in [2.45, 2.75) is 52.6 Å². The largest absolute Gasteiger partial charge is 0.507 e. The van der Waals surface area contributed by atoms with Crippen molar-refractivity contribution in [2.75, 3.05) is 6.61 Å². The molecule has 5 rings (SSSR count). The molecule has 0 spiro atoms. The van der Waals surface area contributed by atoms with E-state index >= 15 is 0 Å². The second-order valence-electron chi connectivity index (χ2n) is 9.66. The van der Waals surface area contributed by atoms with Crippen molar-refractivity contribution in [1.82, 2.24) is 20.1 Å². The number of unbranched alkanes of at least 4 members (excludes halogenated alkanes) is 2. The summed E-state index contributed by atoms with van der Waals surface area (Å²) in [5.74, 6) is 0.806. The molecule has 0 saturated carbocycles. The van der Waals surface area contributed by atoms with E-state index in [1.807, 2.05) is 67.3 Å². The van der Waals surface area contributed by atoms with Gasteiger partial charge in [0.15, 0.2) is 0 Å². The number of aromatic hydroxyl groups is 1. The zero-order valence-corrected chi connectivity index (χ0v) is 21.5. The Morgan fingerprint density at radius 1 is 1.11 bits per heavy atom. The van der Waals surface area contributed by atoms with Gasteiger partial charge in [0.2, 0.25) is 0 Å². The van der Waals surface area contributed by atoms with Gasteiger partial charge < -0.3 is 14.7 Å². The molecule has 0 saturated heterocycles. The lowest BCUT2D eigenvalue weighted by molar-refractivity contribution is 0.0729. The standard InChI is InChI=1S/C30H32N4O3/c1-4-5-6-13-37-23-11-7-10-22(16-23)28-25-26(24-15-19(2)14-20(3)29(24)35)32-33-27(25)30(36)34(28)18-21-9-8-12-31-17-21/h7-12,14-17,28,35H,4-6,13,18H2,1-3H3,(H,32,33). The number of rotatable bonds is 9. The monoisotopic (exact) mass is 496 g/mol. The Labute approximate surface area is 217 Å². The Balaban J connectivity index is 1.60. The average molecular weight is 497 g/mol. The number of benzene rings is 2. The Morgan fingerprint density at radius 2 is 1.97 bits per heavy atom. The van der Waals surface area contributed by atoms with E-state index in [9.17, 15) is 9.90 Å². The fourth-order valence-electron chi connectivity index (χ4n) is 5.06. The van der Waals surface area contributed by atoms with Crippen LogP contribution >= 0.6 is 0 Å². The molecule has 7 heteroatoms. The maximum atomic E-state index is 13.7. The molecule has 0 aliphatic carbocycles. The molecule has 37 heavy (non-hydrogen) atoms. The molecule has 0 fully saturated rings. The van der Waals surface area contributed by atoms with Crippen LogP contribution < -0.4 is 4.74 Å². The number of phenols is 1. The number of aromatic amines is 1. The zero-order chi connectivity index (χ0) is 25.9. The summed E-state index contributed by atoms with van der Waals surface area (Å²) >= 11 is 0. The predicted molar refractivity (Wildman–Crippen MR) is 143 cm³/mol. The number of nitrogens with zero attached hydrogens (tertiary/aromatic N) is 3. The van der Waals surface area contributed by atoms with Gasteiger partial charge in [-0.2, -0.15) is 5.10 Å². The van der Waals surface area contributed by atoms with E-state index in [1.54, 1.807) is 12.4 Å². The number of pyridine rings is 1. The van der Waals surface area contributed by atoms with Crippen LogP contribution in [0.15, 0.2) is 60.9 Å². The van der Waals surface area contributed by atoms with E-state index in [1.165, 1.54) is 0 Å². The first-order valence-electron chi connectivity index (χ1n) is 12.8. The lowest BCUT2D eigenvalue weighted by Gasteiger charge is -2.27. The van der Waals surface area contributed by atoms with E-state index < -0.39 is 6.04 Å². The molecule has 0 bridgehead atoms. The molecule has 3 heterocycles. The van der Waals surface area contributed by atoms with Gasteiger partial charge in [-0.25, -0.2) is 0 Å². The van der Waals surface area contributed by atoms with E-state index in [4.69, 9.17) is 4.74 Å². The molecule has 7 nitrogen and oxygen atoms in total. The van der Waals surface area contributed by atoms with Crippen LogP contribution in [0.1, 0.15) is 70.5 Å². The van der Waals surface area contributed by atoms with Crippen molar-refractivity contribution in [3.05, 3.63) is 94.4 Å². The summed E-state index contributed by atoms with van der Waals surface area (Å²) in [6.07, 6.45) is 6.75. The molecule has 2 aromatic heterocycles. The number of aryl methyl sites for hydroxylation is 2. The second-order valence-corrected chi connectivity index (χ2v) is 9.66. The average Bonchev–Trinajstić information content (AvgIpc) is 3.44. The third kappa shape index (κ3) is 4.81. The molecule has 190 valence electrons. The number of amides is 1. The summed E-state index contributed by atoms with van der Waals surface area (Å²) in [6.45, 7) is 7.07. The minimum atomic E-state index is -0.407. The van der Waals surface area contributed by atoms with E-state index in [0.29, 0.717) is 30.1 Å². The Kier molecular flexibility index (Phi) is 6.95. The van der Waals surface area contributed by atoms with Crippen LogP contribution in [0.3, 0.4) is 0 Å². The maximum Gasteiger partial charge on any atom is 0.273 e. The summed E-state index contributed by atoms with van der Waals surface area (Å²) in [5, 5.41) is 18.5. The molecule has 1 amide bonds. The van der Waals surface area contributed by atoms with Gasteiger partial charge in [0.05, 0.1) is 12.6 Å². The number of fused-ring (bicyclic) bond motifs is 1. The molecule has 1 aliphatic rings. The third-order valence-electron chi connectivity index (χ3n) is 6.83. The van der Waals surface area contributed by atoms with Crippen LogP contribution in [0.5, 0.6) is 11.5 Å². The number of ether oxygens (including phenoxy) is 1. The molecular formula is C30H32N4O3. The first-order valence-corrected chi connectivity index (χ1v) is 12.8. The highest BCUT2D eigenvalue weighted by atomic mass is 16.5. The van der Waals surface area contributed by atoms with Gasteiger partial charge in [-0.3, -0.25) is 14.9 Å². The van der Waals surface area contributed by atoms with Crippen molar-refractivity contribution in [3.8, 4) is 22.8 Å². The summed E-state index contributed by atoms with van der Waals surface area (Å²) < 4.78 is 6.05. The zero-order valence-electron chi connectivity index (χ0n) is 21.5. The summed E-state index contributed by atoms with van der Waals surface area (Å²) in [5.41, 5.74) is 6.04. The minimum absolute atomic E-state index is 0.138. The lowest BCUT2D eigenvalue weighted by atomic mass is 9.94. The molecule has 1 unspecified atom stereocenters. The number of hydrogen-bond acceptors (Lipinski definition) is 5. The minimum Gasteiger partial charge on any atom is -0.507 e. The van der Waals surface area contributed by atoms with Crippen LogP contribution in [0.25, 0.3) is 11.3 Å². The highest BCUT2D eigenvalue weighted by Gasteiger charge is 2.42. The van der Waals surface area contributed by atoms with Gasteiger partial charge in [0.1, 0.15) is 22.9 Å². The SMILES string of the molecule is CCCCCOc1cccc(C2c3c(-c4cc(C)cc(C)c4O)n[nH]c3C(=O)N2Cc2cccnc2)c1. The number of carbonyl (C=O) groups excluding carboxylic acids is 1. The van der Waals surface area contributed by atoms with Crippen LogP contribution in [-0.2, 0) is 6.54 Å². The molecule has 2 aromatic carbocycles. The van der Waals surface area contributed by atoms with Crippen molar-refractivity contribution >= 4 is 5.91 Å². The molecule has 1 aliphatic heterocycles. The Bertz CT molecular complexity index is 1410. The Morgan fingerprint density at radius 3 is 2.76 bits per heavy atom. The second kappa shape index (κ2) is 10.5. The fraction of sp³-hybridized carbons (Fsp3) is 0.300. The van der Waals surface area contributed by atoms with Crippen molar-refractivity contribution in [3.63, 3.8) is 0 Å². The van der Waals surface area contributed by atoms with Gasteiger partial charge in [-0.05, 0) is 66.8 Å². The Hall–Kier alpha value is -4.13. The van der Waals surface area contributed by atoms with Gasteiger partial charge in [0, 0.05) is 30.1 Å². The molecule has 0 radical (unpaired) electrons.